The van der Waals surface area contributed by atoms with Gasteiger partial charge in [-0.15, -0.1) is 0 Å². The first-order valence-electron chi connectivity index (χ1n) is 7.07. The number of rotatable bonds is 7. The molecule has 0 fully saturated rings. The van der Waals surface area contributed by atoms with Crippen LogP contribution in [0, 0.1) is 0 Å². The van der Waals surface area contributed by atoms with Crippen molar-refractivity contribution in [2.75, 3.05) is 6.61 Å². The first kappa shape index (κ1) is 17.7. The van der Waals surface area contributed by atoms with Crippen molar-refractivity contribution < 1.29 is 22.7 Å². The zero-order valence-corrected chi connectivity index (χ0v) is 12.6. The van der Waals surface area contributed by atoms with Crippen molar-refractivity contribution in [3.8, 4) is 5.88 Å². The highest BCUT2D eigenvalue weighted by molar-refractivity contribution is 5.81. The van der Waals surface area contributed by atoms with Gasteiger partial charge >= 0.3 is 6.18 Å². The molecule has 5 nitrogen and oxygen atoms in total. The zero-order valence-electron chi connectivity index (χ0n) is 12.6. The van der Waals surface area contributed by atoms with Crippen LogP contribution in [0.1, 0.15) is 17.2 Å². The third-order valence-electron chi connectivity index (χ3n) is 3.11. The third kappa shape index (κ3) is 5.54. The molecule has 0 saturated carbocycles. The Kier molecular flexibility index (Phi) is 5.75. The first-order chi connectivity index (χ1) is 11.3. The molecular weight excluding hydrogens is 323 g/mol. The number of hydrogen-bond acceptors (Lipinski definition) is 4. The number of benzene rings is 1. The minimum atomic E-state index is -4.41. The molecule has 0 aliphatic carbocycles. The van der Waals surface area contributed by atoms with Crippen LogP contribution in [0.15, 0.2) is 48.7 Å². The van der Waals surface area contributed by atoms with Crippen molar-refractivity contribution in [1.82, 2.24) is 10.3 Å². The zero-order chi connectivity index (χ0) is 17.6. The lowest BCUT2D eigenvalue weighted by Crippen LogP contribution is -2.33. The van der Waals surface area contributed by atoms with E-state index in [4.69, 9.17) is 5.73 Å². The van der Waals surface area contributed by atoms with Gasteiger partial charge in [-0.1, -0.05) is 36.4 Å². The van der Waals surface area contributed by atoms with Crippen molar-refractivity contribution in [2.24, 2.45) is 5.73 Å². The molecule has 0 aliphatic rings. The quantitative estimate of drug-likeness (QED) is 0.812. The number of ether oxygens (including phenoxy) is 1. The molecule has 1 amide bonds. The molecule has 24 heavy (non-hydrogen) atoms. The summed E-state index contributed by atoms with van der Waals surface area (Å²) in [5.41, 5.74) is 6.80. The molecule has 1 unspecified atom stereocenters. The van der Waals surface area contributed by atoms with Gasteiger partial charge in [-0.3, -0.25) is 10.1 Å². The van der Waals surface area contributed by atoms with E-state index >= 15 is 0 Å². The fourth-order valence-electron chi connectivity index (χ4n) is 2.00. The van der Waals surface area contributed by atoms with E-state index in [2.05, 4.69) is 15.0 Å². The van der Waals surface area contributed by atoms with Crippen LogP contribution >= 0.6 is 0 Å². The third-order valence-corrected chi connectivity index (χ3v) is 3.11. The van der Waals surface area contributed by atoms with Gasteiger partial charge in [0.2, 0.25) is 11.8 Å². The average molecular weight is 339 g/mol. The van der Waals surface area contributed by atoms with Crippen LogP contribution in [-0.4, -0.2) is 23.7 Å². The van der Waals surface area contributed by atoms with Gasteiger partial charge in [-0.2, -0.15) is 13.2 Å². The summed E-state index contributed by atoms with van der Waals surface area (Å²) in [4.78, 5) is 15.4. The second kappa shape index (κ2) is 7.78. The number of amides is 1. The van der Waals surface area contributed by atoms with Gasteiger partial charge in [0.05, 0.1) is 0 Å². The second-order valence-electron chi connectivity index (χ2n) is 5.04. The number of alkyl halides is 3. The highest BCUT2D eigenvalue weighted by Crippen LogP contribution is 2.17. The Morgan fingerprint density at radius 3 is 2.46 bits per heavy atom. The molecule has 2 rings (SSSR count). The molecule has 0 aliphatic heterocycles. The number of pyridine rings is 1. The SMILES string of the molecule is NC(=O)C(NCc1ccc(OCC(F)(F)F)nc1)c1ccccc1. The number of hydrogen-bond donors (Lipinski definition) is 2. The summed E-state index contributed by atoms with van der Waals surface area (Å²) in [6.07, 6.45) is -3.03. The van der Waals surface area contributed by atoms with E-state index in [-0.39, 0.29) is 12.4 Å². The predicted octanol–water partition coefficient (Wildman–Crippen LogP) is 2.34. The molecule has 1 aromatic carbocycles. The second-order valence-corrected chi connectivity index (χ2v) is 5.04. The maximum Gasteiger partial charge on any atom is 0.422 e. The highest BCUT2D eigenvalue weighted by atomic mass is 19.4. The summed E-state index contributed by atoms with van der Waals surface area (Å²) in [6.45, 7) is -1.12. The van der Waals surface area contributed by atoms with Gasteiger partial charge in [-0.05, 0) is 11.1 Å². The molecule has 0 spiro atoms. The number of nitrogens with zero attached hydrogens (tertiary/aromatic N) is 1. The molecule has 2 aromatic rings. The molecule has 0 saturated heterocycles. The molecule has 1 atom stereocenters. The maximum atomic E-state index is 12.1. The highest BCUT2D eigenvalue weighted by Gasteiger charge is 2.28. The van der Waals surface area contributed by atoms with E-state index < -0.39 is 24.7 Å². The van der Waals surface area contributed by atoms with E-state index in [1.54, 1.807) is 30.3 Å². The molecule has 3 N–H and O–H groups in total. The van der Waals surface area contributed by atoms with Gasteiger partial charge < -0.3 is 10.5 Å². The molecule has 1 aromatic heterocycles. The smallest absolute Gasteiger partial charge is 0.422 e. The molecule has 1 heterocycles. The Morgan fingerprint density at radius 1 is 1.21 bits per heavy atom. The van der Waals surface area contributed by atoms with E-state index in [0.717, 1.165) is 5.56 Å². The standard InChI is InChI=1S/C16H16F3N3O2/c17-16(18,19)10-24-13-7-6-11(8-21-13)9-22-14(15(20)23)12-4-2-1-3-5-12/h1-8,14,22H,9-10H2,(H2,20,23). The Labute approximate surface area is 136 Å². The summed E-state index contributed by atoms with van der Waals surface area (Å²) < 4.78 is 40.7. The Bertz CT molecular complexity index is 661. The van der Waals surface area contributed by atoms with Crippen LogP contribution in [0.4, 0.5) is 13.2 Å². The van der Waals surface area contributed by atoms with Gasteiger partial charge in [0.1, 0.15) is 6.04 Å². The summed E-state index contributed by atoms with van der Waals surface area (Å²) in [6, 6.07) is 11.2. The monoisotopic (exact) mass is 339 g/mol. The Balaban J connectivity index is 1.94. The fraction of sp³-hybridized carbons (Fsp3) is 0.250. The van der Waals surface area contributed by atoms with Gasteiger partial charge in [0.15, 0.2) is 6.61 Å². The van der Waals surface area contributed by atoms with Crippen LogP contribution in [0.5, 0.6) is 5.88 Å². The summed E-state index contributed by atoms with van der Waals surface area (Å²) >= 11 is 0. The number of nitrogens with one attached hydrogen (secondary N) is 1. The normalized spacial score (nSPS) is 12.6. The minimum absolute atomic E-state index is 0.120. The van der Waals surface area contributed by atoms with Crippen LogP contribution in [-0.2, 0) is 11.3 Å². The Morgan fingerprint density at radius 2 is 1.92 bits per heavy atom. The lowest BCUT2D eigenvalue weighted by molar-refractivity contribution is -0.154. The van der Waals surface area contributed by atoms with Crippen LogP contribution in [0.25, 0.3) is 0 Å². The predicted molar refractivity (Wildman–Crippen MR) is 81.0 cm³/mol. The van der Waals surface area contributed by atoms with E-state index in [1.807, 2.05) is 6.07 Å². The topological polar surface area (TPSA) is 77.2 Å². The van der Waals surface area contributed by atoms with Crippen molar-refractivity contribution >= 4 is 5.91 Å². The van der Waals surface area contributed by atoms with Crippen molar-refractivity contribution in [3.63, 3.8) is 0 Å². The van der Waals surface area contributed by atoms with Gasteiger partial charge in [0, 0.05) is 18.8 Å². The summed E-state index contributed by atoms with van der Waals surface area (Å²) in [5.74, 6) is -0.648. The summed E-state index contributed by atoms with van der Waals surface area (Å²) in [7, 11) is 0. The fourth-order valence-corrected chi connectivity index (χ4v) is 2.00. The number of carbonyl (C=O) groups is 1. The average Bonchev–Trinajstić information content (AvgIpc) is 2.54. The minimum Gasteiger partial charge on any atom is -0.468 e. The maximum absolute atomic E-state index is 12.1. The van der Waals surface area contributed by atoms with E-state index in [0.29, 0.717) is 5.56 Å². The first-order valence-corrected chi connectivity index (χ1v) is 7.07. The number of aromatic nitrogens is 1. The van der Waals surface area contributed by atoms with Crippen molar-refractivity contribution in [1.29, 1.82) is 0 Å². The lowest BCUT2D eigenvalue weighted by atomic mass is 10.1. The van der Waals surface area contributed by atoms with Gasteiger partial charge in [0.25, 0.3) is 0 Å². The Hall–Kier alpha value is -2.61. The van der Waals surface area contributed by atoms with E-state index in [9.17, 15) is 18.0 Å². The lowest BCUT2D eigenvalue weighted by Gasteiger charge is -2.16. The van der Waals surface area contributed by atoms with Gasteiger partial charge in [-0.25, -0.2) is 4.98 Å². The molecular formula is C16H16F3N3O2. The number of nitrogens with two attached hydrogens (primary N) is 1. The van der Waals surface area contributed by atoms with Crippen LogP contribution < -0.4 is 15.8 Å². The largest absolute Gasteiger partial charge is 0.468 e. The van der Waals surface area contributed by atoms with Crippen LogP contribution in [0.2, 0.25) is 0 Å². The number of primary amides is 1. The molecule has 0 bridgehead atoms. The van der Waals surface area contributed by atoms with Crippen LogP contribution in [0.3, 0.4) is 0 Å². The summed E-state index contributed by atoms with van der Waals surface area (Å²) in [5, 5.41) is 2.99. The molecule has 128 valence electrons. The number of halogens is 3. The molecule has 8 heteroatoms. The molecule has 0 radical (unpaired) electrons. The number of carbonyl (C=O) groups excluding carboxylic acids is 1. The van der Waals surface area contributed by atoms with Crippen molar-refractivity contribution in [3.05, 3.63) is 59.8 Å². The van der Waals surface area contributed by atoms with Crippen molar-refractivity contribution in [2.45, 2.75) is 18.8 Å². The van der Waals surface area contributed by atoms with E-state index in [1.165, 1.54) is 12.3 Å².